The average molecular weight is 232 g/mol. The highest BCUT2D eigenvalue weighted by molar-refractivity contribution is 5.91. The van der Waals surface area contributed by atoms with Crippen molar-refractivity contribution in [1.29, 1.82) is 0 Å². The molecule has 0 unspecified atom stereocenters. The fraction of sp³-hybridized carbons (Fsp3) is 0.200. The minimum Gasteiger partial charge on any atom is -0.382 e. The minimum absolute atomic E-state index is 0.258. The summed E-state index contributed by atoms with van der Waals surface area (Å²) >= 11 is 0. The zero-order valence-electron chi connectivity index (χ0n) is 9.51. The zero-order chi connectivity index (χ0) is 12.4. The van der Waals surface area contributed by atoms with E-state index in [1.54, 1.807) is 18.3 Å². The van der Waals surface area contributed by atoms with Crippen LogP contribution in [0.2, 0.25) is 0 Å². The number of rotatable bonds is 2. The van der Waals surface area contributed by atoms with Crippen molar-refractivity contribution in [3.63, 3.8) is 0 Å². The van der Waals surface area contributed by atoms with Crippen LogP contribution < -0.4 is 11.1 Å². The number of nitrogen functional groups attached to an aromatic ring is 1. The Morgan fingerprint density at radius 2 is 2.18 bits per heavy atom. The number of amides is 1. The summed E-state index contributed by atoms with van der Waals surface area (Å²) in [5, 5.41) is 14.2. The van der Waals surface area contributed by atoms with Crippen LogP contribution in [0, 0.1) is 6.92 Å². The van der Waals surface area contributed by atoms with Gasteiger partial charge in [0, 0.05) is 18.8 Å². The summed E-state index contributed by atoms with van der Waals surface area (Å²) in [4.78, 5) is 11.3. The Labute approximate surface area is 97.6 Å². The lowest BCUT2D eigenvalue weighted by atomic mass is 10.3. The molecule has 2 aromatic rings. The van der Waals surface area contributed by atoms with Gasteiger partial charge >= 0.3 is 0 Å². The number of aryl methyl sites for hydroxylation is 1. The highest BCUT2D eigenvalue weighted by Gasteiger charge is 2.08. The van der Waals surface area contributed by atoms with Crippen molar-refractivity contribution in [1.82, 2.24) is 25.3 Å². The summed E-state index contributed by atoms with van der Waals surface area (Å²) in [6.45, 7) is 1.85. The molecule has 0 aliphatic heterocycles. The van der Waals surface area contributed by atoms with Gasteiger partial charge in [-0.25, -0.2) is 4.68 Å². The molecule has 7 heteroatoms. The van der Waals surface area contributed by atoms with Gasteiger partial charge in [-0.1, -0.05) is 0 Å². The number of carbonyl (C=O) groups is 1. The monoisotopic (exact) mass is 232 g/mol. The number of hydrogen-bond acceptors (Lipinski definition) is 5. The smallest absolute Gasteiger partial charge is 0.271 e. The first kappa shape index (κ1) is 11.1. The van der Waals surface area contributed by atoms with Crippen molar-refractivity contribution >= 4 is 11.7 Å². The van der Waals surface area contributed by atoms with E-state index in [4.69, 9.17) is 5.73 Å². The molecule has 0 bridgehead atoms. The zero-order valence-corrected chi connectivity index (χ0v) is 9.51. The Kier molecular flexibility index (Phi) is 2.73. The van der Waals surface area contributed by atoms with Crippen molar-refractivity contribution in [3.05, 3.63) is 29.6 Å². The maximum Gasteiger partial charge on any atom is 0.271 e. The average Bonchev–Trinajstić information content (AvgIpc) is 2.69. The van der Waals surface area contributed by atoms with E-state index in [9.17, 15) is 4.79 Å². The van der Waals surface area contributed by atoms with Crippen molar-refractivity contribution in [3.8, 4) is 5.82 Å². The van der Waals surface area contributed by atoms with Gasteiger partial charge in [-0.3, -0.25) is 4.79 Å². The van der Waals surface area contributed by atoms with E-state index in [1.807, 2.05) is 6.92 Å². The summed E-state index contributed by atoms with van der Waals surface area (Å²) in [6, 6.07) is 3.23. The number of carbonyl (C=O) groups excluding carboxylic acids is 1. The predicted octanol–water partition coefficient (Wildman–Crippen LogP) is -0.0875. The third-order valence-electron chi connectivity index (χ3n) is 2.28. The third-order valence-corrected chi connectivity index (χ3v) is 2.28. The van der Waals surface area contributed by atoms with Crippen molar-refractivity contribution in [2.75, 3.05) is 12.8 Å². The molecule has 17 heavy (non-hydrogen) atoms. The van der Waals surface area contributed by atoms with E-state index in [0.717, 1.165) is 5.56 Å². The van der Waals surface area contributed by atoms with Crippen LogP contribution in [0.1, 0.15) is 16.1 Å². The van der Waals surface area contributed by atoms with E-state index in [0.29, 0.717) is 11.6 Å². The Hall–Kier alpha value is -2.44. The number of nitrogens with zero attached hydrogens (tertiary/aromatic N) is 4. The van der Waals surface area contributed by atoms with E-state index >= 15 is 0 Å². The lowest BCUT2D eigenvalue weighted by Gasteiger charge is -2.00. The fourth-order valence-electron chi connectivity index (χ4n) is 1.29. The van der Waals surface area contributed by atoms with Gasteiger partial charge < -0.3 is 11.1 Å². The lowest BCUT2D eigenvalue weighted by molar-refractivity contribution is 0.0957. The molecule has 88 valence electrons. The summed E-state index contributed by atoms with van der Waals surface area (Å²) in [6.07, 6.45) is 1.75. The van der Waals surface area contributed by atoms with E-state index < -0.39 is 0 Å². The second kappa shape index (κ2) is 4.20. The highest BCUT2D eigenvalue weighted by Crippen LogP contribution is 2.10. The first-order valence-corrected chi connectivity index (χ1v) is 4.99. The summed E-state index contributed by atoms with van der Waals surface area (Å²) in [5.41, 5.74) is 6.75. The largest absolute Gasteiger partial charge is 0.382 e. The highest BCUT2D eigenvalue weighted by atomic mass is 16.1. The van der Waals surface area contributed by atoms with Crippen LogP contribution in [-0.2, 0) is 0 Å². The molecule has 7 nitrogen and oxygen atoms in total. The molecule has 3 N–H and O–H groups in total. The van der Waals surface area contributed by atoms with Crippen molar-refractivity contribution < 1.29 is 4.79 Å². The van der Waals surface area contributed by atoms with Crippen LogP contribution in [0.4, 0.5) is 5.82 Å². The van der Waals surface area contributed by atoms with E-state index in [-0.39, 0.29) is 11.6 Å². The molecule has 0 saturated heterocycles. The summed E-state index contributed by atoms with van der Waals surface area (Å²) in [5.74, 6) is 0.680. The molecule has 0 fully saturated rings. The van der Waals surface area contributed by atoms with Crippen LogP contribution in [0.25, 0.3) is 5.82 Å². The summed E-state index contributed by atoms with van der Waals surface area (Å²) in [7, 11) is 1.54. The van der Waals surface area contributed by atoms with Crippen LogP contribution in [-0.4, -0.2) is 32.9 Å². The number of aromatic nitrogens is 4. The molecule has 0 radical (unpaired) electrons. The van der Waals surface area contributed by atoms with Gasteiger partial charge in [0.25, 0.3) is 5.91 Å². The number of nitrogens with one attached hydrogen (secondary N) is 1. The van der Waals surface area contributed by atoms with Gasteiger partial charge in [-0.05, 0) is 19.1 Å². The van der Waals surface area contributed by atoms with Crippen LogP contribution >= 0.6 is 0 Å². The van der Waals surface area contributed by atoms with Crippen molar-refractivity contribution in [2.45, 2.75) is 6.92 Å². The molecule has 1 amide bonds. The molecule has 2 heterocycles. The van der Waals surface area contributed by atoms with E-state index in [1.165, 1.54) is 11.7 Å². The van der Waals surface area contributed by atoms with Gasteiger partial charge in [0.15, 0.2) is 11.5 Å². The molecule has 2 rings (SSSR count). The van der Waals surface area contributed by atoms with Gasteiger partial charge in [0.1, 0.15) is 5.82 Å². The molecule has 0 aliphatic rings. The second-order valence-electron chi connectivity index (χ2n) is 3.50. The Morgan fingerprint density at radius 1 is 1.41 bits per heavy atom. The molecule has 0 spiro atoms. The van der Waals surface area contributed by atoms with Gasteiger partial charge in [-0.15, -0.1) is 15.3 Å². The maximum absolute atomic E-state index is 11.3. The third kappa shape index (κ3) is 2.07. The molecular formula is C10H12N6O. The Bertz CT molecular complexity index is 525. The maximum atomic E-state index is 11.3. The molecule has 0 aromatic carbocycles. The van der Waals surface area contributed by atoms with Crippen LogP contribution in [0.3, 0.4) is 0 Å². The SMILES string of the molecule is CNC(=O)c1ccc(-n2cc(C)c(N)n2)nn1. The molecule has 0 aliphatic carbocycles. The number of nitrogens with two attached hydrogens (primary N) is 1. The quantitative estimate of drug-likeness (QED) is 0.754. The predicted molar refractivity (Wildman–Crippen MR) is 61.7 cm³/mol. The normalized spacial score (nSPS) is 10.2. The second-order valence-corrected chi connectivity index (χ2v) is 3.50. The lowest BCUT2D eigenvalue weighted by Crippen LogP contribution is -2.19. The topological polar surface area (TPSA) is 98.7 Å². The molecular weight excluding hydrogens is 220 g/mol. The van der Waals surface area contributed by atoms with Crippen LogP contribution in [0.15, 0.2) is 18.3 Å². The standard InChI is InChI=1S/C10H12N6O/c1-6-5-16(15-9(6)11)8-4-3-7(13-14-8)10(17)12-2/h3-5H,1-2H3,(H2,11,15)(H,12,17). The summed E-state index contributed by atoms with van der Waals surface area (Å²) < 4.78 is 1.52. The van der Waals surface area contributed by atoms with Crippen molar-refractivity contribution in [2.24, 2.45) is 0 Å². The minimum atomic E-state index is -0.278. The molecule has 2 aromatic heterocycles. The van der Waals surface area contributed by atoms with Crippen LogP contribution in [0.5, 0.6) is 0 Å². The van der Waals surface area contributed by atoms with Gasteiger partial charge in [-0.2, -0.15) is 0 Å². The first-order valence-electron chi connectivity index (χ1n) is 4.99. The Balaban J connectivity index is 2.32. The number of anilines is 1. The van der Waals surface area contributed by atoms with Gasteiger partial charge in [0.05, 0.1) is 0 Å². The fourth-order valence-corrected chi connectivity index (χ4v) is 1.29. The number of hydrogen-bond donors (Lipinski definition) is 2. The first-order chi connectivity index (χ1) is 8.11. The van der Waals surface area contributed by atoms with E-state index in [2.05, 4.69) is 20.6 Å². The van der Waals surface area contributed by atoms with Gasteiger partial charge in [0.2, 0.25) is 0 Å². The molecule has 0 atom stereocenters. The Morgan fingerprint density at radius 3 is 2.65 bits per heavy atom. The molecule has 0 saturated carbocycles.